The lowest BCUT2D eigenvalue weighted by atomic mass is 10.1. The van der Waals surface area contributed by atoms with E-state index < -0.39 is 0 Å². The fraction of sp³-hybridized carbons (Fsp3) is 0.417. The van der Waals surface area contributed by atoms with Crippen molar-refractivity contribution in [2.45, 2.75) is 32.1 Å². The Morgan fingerprint density at radius 3 is 3.00 bits per heavy atom. The van der Waals surface area contributed by atoms with Crippen molar-refractivity contribution in [2.24, 2.45) is 0 Å². The van der Waals surface area contributed by atoms with E-state index in [0.29, 0.717) is 11.2 Å². The van der Waals surface area contributed by atoms with Crippen LogP contribution in [0.25, 0.3) is 5.65 Å². The van der Waals surface area contributed by atoms with Crippen molar-refractivity contribution < 1.29 is 0 Å². The van der Waals surface area contributed by atoms with E-state index in [9.17, 15) is 4.79 Å². The molecule has 0 radical (unpaired) electrons. The number of rotatable bonds is 0. The molecule has 2 aromatic heterocycles. The number of aromatic amines is 1. The second kappa shape index (κ2) is 3.74. The van der Waals surface area contributed by atoms with Crippen molar-refractivity contribution in [2.75, 3.05) is 0 Å². The van der Waals surface area contributed by atoms with Gasteiger partial charge in [0, 0.05) is 5.56 Å². The number of aromatic nitrogens is 3. The van der Waals surface area contributed by atoms with Gasteiger partial charge in [-0.3, -0.25) is 4.79 Å². The molecule has 0 spiro atoms. The molecule has 86 valence electrons. The average Bonchev–Trinajstić information content (AvgIpc) is 2.58. The number of fused-ring (bicyclic) bond motifs is 3. The number of nitrogens with zero attached hydrogens (tertiary/aromatic N) is 3. The lowest BCUT2D eigenvalue weighted by Gasteiger charge is -2.06. The number of aryl methyl sites for hydroxylation is 1. The van der Waals surface area contributed by atoms with Gasteiger partial charge in [-0.05, 0) is 25.7 Å². The zero-order chi connectivity index (χ0) is 11.8. The molecule has 0 saturated heterocycles. The van der Waals surface area contributed by atoms with Gasteiger partial charge in [0.15, 0.2) is 5.65 Å². The highest BCUT2D eigenvalue weighted by Crippen LogP contribution is 2.19. The van der Waals surface area contributed by atoms with E-state index in [4.69, 9.17) is 5.26 Å². The summed E-state index contributed by atoms with van der Waals surface area (Å²) in [6.07, 6.45) is 6.45. The molecule has 5 heteroatoms. The zero-order valence-corrected chi connectivity index (χ0v) is 9.36. The van der Waals surface area contributed by atoms with Crippen LogP contribution in [0.1, 0.15) is 36.1 Å². The molecular weight excluding hydrogens is 216 g/mol. The third kappa shape index (κ3) is 1.45. The van der Waals surface area contributed by atoms with Gasteiger partial charge >= 0.3 is 0 Å². The zero-order valence-electron chi connectivity index (χ0n) is 9.36. The van der Waals surface area contributed by atoms with Crippen LogP contribution in [0.5, 0.6) is 0 Å². The lowest BCUT2D eigenvalue weighted by Crippen LogP contribution is -2.19. The van der Waals surface area contributed by atoms with E-state index >= 15 is 0 Å². The molecule has 0 aliphatic heterocycles. The molecule has 0 unspecified atom stereocenters. The van der Waals surface area contributed by atoms with Gasteiger partial charge in [-0.2, -0.15) is 10.4 Å². The second-order valence-electron chi connectivity index (χ2n) is 4.37. The van der Waals surface area contributed by atoms with Crippen LogP contribution in [-0.2, 0) is 12.8 Å². The van der Waals surface area contributed by atoms with Gasteiger partial charge in [0.1, 0.15) is 11.6 Å². The minimum atomic E-state index is -0.0635. The number of H-pyrrole nitrogens is 1. The summed E-state index contributed by atoms with van der Waals surface area (Å²) in [6.45, 7) is 0. The molecule has 3 rings (SSSR count). The van der Waals surface area contributed by atoms with Crippen LogP contribution in [0.3, 0.4) is 0 Å². The Hall–Kier alpha value is -2.09. The summed E-state index contributed by atoms with van der Waals surface area (Å²) in [4.78, 5) is 14.8. The predicted molar refractivity (Wildman–Crippen MR) is 61.8 cm³/mol. The molecule has 1 aliphatic carbocycles. The van der Waals surface area contributed by atoms with Gasteiger partial charge in [0.05, 0.1) is 11.9 Å². The quantitative estimate of drug-likeness (QED) is 0.687. The summed E-state index contributed by atoms with van der Waals surface area (Å²) >= 11 is 0. The molecule has 1 N–H and O–H groups in total. The summed E-state index contributed by atoms with van der Waals surface area (Å²) in [5, 5.41) is 13.2. The van der Waals surface area contributed by atoms with Crippen molar-refractivity contribution in [1.29, 1.82) is 5.26 Å². The first-order valence-electron chi connectivity index (χ1n) is 5.83. The van der Waals surface area contributed by atoms with Crippen molar-refractivity contribution in [3.8, 4) is 6.07 Å². The number of hydrogen-bond donors (Lipinski definition) is 1. The fourth-order valence-corrected chi connectivity index (χ4v) is 2.48. The topological polar surface area (TPSA) is 74.0 Å². The molecule has 0 fully saturated rings. The number of hydrogen-bond acceptors (Lipinski definition) is 3. The molecule has 0 saturated carbocycles. The molecule has 0 aromatic carbocycles. The first-order valence-corrected chi connectivity index (χ1v) is 5.83. The molecule has 2 aromatic rings. The lowest BCUT2D eigenvalue weighted by molar-refractivity contribution is 0.702. The largest absolute Gasteiger partial charge is 0.306 e. The minimum absolute atomic E-state index is 0.0635. The summed E-state index contributed by atoms with van der Waals surface area (Å²) in [6, 6.07) is 2.05. The molecule has 1 aliphatic rings. The van der Waals surface area contributed by atoms with Gasteiger partial charge in [0.2, 0.25) is 0 Å². The van der Waals surface area contributed by atoms with Crippen molar-refractivity contribution in [1.82, 2.24) is 14.6 Å². The monoisotopic (exact) mass is 228 g/mol. The molecule has 2 heterocycles. The summed E-state index contributed by atoms with van der Waals surface area (Å²) in [5.74, 6) is 0. The maximum absolute atomic E-state index is 12.0. The highest BCUT2D eigenvalue weighted by atomic mass is 16.1. The van der Waals surface area contributed by atoms with Crippen molar-refractivity contribution in [3.05, 3.63) is 33.4 Å². The molecule has 0 amide bonds. The summed E-state index contributed by atoms with van der Waals surface area (Å²) < 4.78 is 1.72. The van der Waals surface area contributed by atoms with E-state index in [2.05, 4.69) is 10.1 Å². The van der Waals surface area contributed by atoms with Crippen LogP contribution < -0.4 is 5.56 Å². The smallest absolute Gasteiger partial charge is 0.254 e. The Bertz CT molecular complexity index is 674. The molecule has 17 heavy (non-hydrogen) atoms. The Labute approximate surface area is 97.7 Å². The van der Waals surface area contributed by atoms with Gasteiger partial charge in [-0.25, -0.2) is 4.52 Å². The molecule has 0 bridgehead atoms. The van der Waals surface area contributed by atoms with Crippen LogP contribution in [0.4, 0.5) is 0 Å². The fourth-order valence-electron chi connectivity index (χ4n) is 2.48. The van der Waals surface area contributed by atoms with Crippen LogP contribution in [-0.4, -0.2) is 14.6 Å². The molecular formula is C12H12N4O. The third-order valence-electron chi connectivity index (χ3n) is 3.34. The maximum atomic E-state index is 12.0. The Balaban J connectivity index is 2.38. The van der Waals surface area contributed by atoms with Crippen LogP contribution >= 0.6 is 0 Å². The van der Waals surface area contributed by atoms with Crippen LogP contribution in [0.2, 0.25) is 0 Å². The van der Waals surface area contributed by atoms with Crippen LogP contribution in [0.15, 0.2) is 11.0 Å². The predicted octanol–water partition coefficient (Wildman–Crippen LogP) is 1.16. The Morgan fingerprint density at radius 1 is 1.35 bits per heavy atom. The third-order valence-corrected chi connectivity index (χ3v) is 3.34. The minimum Gasteiger partial charge on any atom is -0.306 e. The number of nitrogens with one attached hydrogen (secondary N) is 1. The first-order chi connectivity index (χ1) is 8.31. The van der Waals surface area contributed by atoms with Gasteiger partial charge in [0.25, 0.3) is 5.56 Å². The van der Waals surface area contributed by atoms with Gasteiger partial charge < -0.3 is 4.98 Å². The highest BCUT2D eigenvalue weighted by Gasteiger charge is 2.17. The van der Waals surface area contributed by atoms with E-state index in [1.54, 1.807) is 4.52 Å². The molecule has 5 nitrogen and oxygen atoms in total. The van der Waals surface area contributed by atoms with Crippen molar-refractivity contribution in [3.63, 3.8) is 0 Å². The van der Waals surface area contributed by atoms with Gasteiger partial charge in [-0.15, -0.1) is 0 Å². The average molecular weight is 228 g/mol. The Morgan fingerprint density at radius 2 is 2.18 bits per heavy atom. The van der Waals surface area contributed by atoms with E-state index in [1.165, 1.54) is 6.20 Å². The van der Waals surface area contributed by atoms with Crippen molar-refractivity contribution >= 4 is 5.65 Å². The Kier molecular flexibility index (Phi) is 2.22. The van der Waals surface area contributed by atoms with E-state index in [-0.39, 0.29) is 5.56 Å². The SMILES string of the molecule is N#Cc1cnn2c3c(c(=O)[nH]c12)CCCCC3. The first kappa shape index (κ1) is 10.1. The summed E-state index contributed by atoms with van der Waals surface area (Å²) in [7, 11) is 0. The molecule has 0 atom stereocenters. The highest BCUT2D eigenvalue weighted by molar-refractivity contribution is 5.54. The maximum Gasteiger partial charge on any atom is 0.254 e. The normalized spacial score (nSPS) is 15.2. The second-order valence-corrected chi connectivity index (χ2v) is 4.37. The summed E-state index contributed by atoms with van der Waals surface area (Å²) in [5.41, 5.74) is 2.70. The van der Waals surface area contributed by atoms with E-state index in [0.717, 1.165) is 43.4 Å². The van der Waals surface area contributed by atoms with Crippen LogP contribution in [0, 0.1) is 11.3 Å². The van der Waals surface area contributed by atoms with Gasteiger partial charge in [-0.1, -0.05) is 6.42 Å². The number of nitriles is 1. The van der Waals surface area contributed by atoms with E-state index in [1.807, 2.05) is 6.07 Å². The standard InChI is InChI=1S/C12H12N4O/c13-6-8-7-14-16-10-5-3-1-2-4-9(10)12(17)15-11(8)16/h7H,1-5H2,(H,15,17).